The summed E-state index contributed by atoms with van der Waals surface area (Å²) >= 11 is 0. The maximum atomic E-state index is 6.89. The van der Waals surface area contributed by atoms with Crippen molar-refractivity contribution in [2.24, 2.45) is 5.73 Å². The Morgan fingerprint density at radius 3 is 1.66 bits per heavy atom. The monoisotopic (exact) mass is 420 g/mol. The highest BCUT2D eigenvalue weighted by molar-refractivity contribution is 5.32. The van der Waals surface area contributed by atoms with Gasteiger partial charge in [0.05, 0.1) is 6.04 Å². The van der Waals surface area contributed by atoms with Crippen molar-refractivity contribution in [3.8, 4) is 0 Å². The SMILES string of the molecule is Cc1ccc(CC(N[C@@H](c2ccc(C)cc2)C(N)c2ccccc2)c2ccccc2)cc1. The minimum absolute atomic E-state index is 0.0198. The second kappa shape index (κ2) is 10.4. The molecular weight excluding hydrogens is 388 g/mol. The summed E-state index contributed by atoms with van der Waals surface area (Å²) in [7, 11) is 0. The minimum atomic E-state index is -0.164. The fraction of sp³-hybridized carbons (Fsp3) is 0.200. The van der Waals surface area contributed by atoms with E-state index < -0.39 is 0 Å². The van der Waals surface area contributed by atoms with Gasteiger partial charge in [-0.2, -0.15) is 0 Å². The molecule has 0 aliphatic carbocycles. The highest BCUT2D eigenvalue weighted by atomic mass is 15.0. The Bertz CT molecular complexity index is 1090. The van der Waals surface area contributed by atoms with Crippen molar-refractivity contribution in [3.63, 3.8) is 0 Å². The first kappa shape index (κ1) is 22.0. The van der Waals surface area contributed by atoms with Gasteiger partial charge < -0.3 is 11.1 Å². The van der Waals surface area contributed by atoms with Gasteiger partial charge in [-0.15, -0.1) is 0 Å². The Hall–Kier alpha value is -3.20. The average molecular weight is 421 g/mol. The molecule has 32 heavy (non-hydrogen) atoms. The Balaban J connectivity index is 1.70. The summed E-state index contributed by atoms with van der Waals surface area (Å²) in [5.74, 6) is 0. The van der Waals surface area contributed by atoms with Crippen LogP contribution in [0.4, 0.5) is 0 Å². The van der Waals surface area contributed by atoms with Crippen LogP contribution in [0.3, 0.4) is 0 Å². The van der Waals surface area contributed by atoms with Gasteiger partial charge in [-0.3, -0.25) is 0 Å². The zero-order valence-electron chi connectivity index (χ0n) is 18.9. The fourth-order valence-electron chi connectivity index (χ4n) is 4.18. The quantitative estimate of drug-likeness (QED) is 0.336. The van der Waals surface area contributed by atoms with Crippen molar-refractivity contribution < 1.29 is 0 Å². The number of hydrogen-bond donors (Lipinski definition) is 2. The van der Waals surface area contributed by atoms with Crippen molar-refractivity contribution in [2.45, 2.75) is 38.4 Å². The van der Waals surface area contributed by atoms with Gasteiger partial charge in [0.25, 0.3) is 0 Å². The van der Waals surface area contributed by atoms with Crippen molar-refractivity contribution in [1.29, 1.82) is 0 Å². The Kier molecular flexibility index (Phi) is 7.16. The van der Waals surface area contributed by atoms with E-state index in [-0.39, 0.29) is 18.1 Å². The Morgan fingerprint density at radius 2 is 1.09 bits per heavy atom. The molecule has 0 radical (unpaired) electrons. The summed E-state index contributed by atoms with van der Waals surface area (Å²) in [6, 6.07) is 38.6. The lowest BCUT2D eigenvalue weighted by molar-refractivity contribution is 0.390. The number of nitrogens with two attached hydrogens (primary N) is 1. The predicted octanol–water partition coefficient (Wildman–Crippen LogP) is 6.62. The van der Waals surface area contributed by atoms with Crippen molar-refractivity contribution in [2.75, 3.05) is 0 Å². The molecule has 162 valence electrons. The molecule has 3 N–H and O–H groups in total. The minimum Gasteiger partial charge on any atom is -0.322 e. The second-order valence-electron chi connectivity index (χ2n) is 8.64. The van der Waals surface area contributed by atoms with Crippen LogP contribution in [0.2, 0.25) is 0 Å². The van der Waals surface area contributed by atoms with Gasteiger partial charge in [0.1, 0.15) is 0 Å². The molecule has 0 saturated heterocycles. The third-order valence-corrected chi connectivity index (χ3v) is 6.12. The molecular formula is C30H32N2. The van der Waals surface area contributed by atoms with Gasteiger partial charge in [-0.1, -0.05) is 120 Å². The van der Waals surface area contributed by atoms with Gasteiger partial charge in [-0.05, 0) is 42.5 Å². The molecule has 4 aromatic carbocycles. The van der Waals surface area contributed by atoms with Crippen LogP contribution in [0.15, 0.2) is 109 Å². The van der Waals surface area contributed by atoms with Gasteiger partial charge >= 0.3 is 0 Å². The molecule has 4 aromatic rings. The molecule has 0 bridgehead atoms. The molecule has 3 atom stereocenters. The summed E-state index contributed by atoms with van der Waals surface area (Å²) in [6.07, 6.45) is 0.897. The van der Waals surface area contributed by atoms with Gasteiger partial charge in [0.2, 0.25) is 0 Å². The number of benzene rings is 4. The maximum absolute atomic E-state index is 6.89. The third kappa shape index (κ3) is 5.53. The highest BCUT2D eigenvalue weighted by Crippen LogP contribution is 2.31. The highest BCUT2D eigenvalue weighted by Gasteiger charge is 2.25. The van der Waals surface area contributed by atoms with Crippen LogP contribution < -0.4 is 11.1 Å². The average Bonchev–Trinajstić information content (AvgIpc) is 2.84. The standard InChI is InChI=1S/C30H32N2/c1-22-13-17-24(18-14-22)21-28(25-9-5-3-6-10-25)32-30(27-19-15-23(2)16-20-27)29(31)26-11-7-4-8-12-26/h3-20,28-30,32H,21,31H2,1-2H3/t28?,29?,30-/m0/s1. The largest absolute Gasteiger partial charge is 0.322 e. The molecule has 2 nitrogen and oxygen atoms in total. The van der Waals surface area contributed by atoms with E-state index in [1.54, 1.807) is 0 Å². The van der Waals surface area contributed by atoms with E-state index in [1.165, 1.54) is 27.8 Å². The zero-order valence-corrected chi connectivity index (χ0v) is 18.9. The number of rotatable bonds is 8. The fourth-order valence-corrected chi connectivity index (χ4v) is 4.18. The first-order chi connectivity index (χ1) is 15.6. The van der Waals surface area contributed by atoms with E-state index in [0.29, 0.717) is 0 Å². The maximum Gasteiger partial charge on any atom is 0.0521 e. The van der Waals surface area contributed by atoms with Crippen molar-refractivity contribution in [1.82, 2.24) is 5.32 Å². The van der Waals surface area contributed by atoms with Crippen molar-refractivity contribution in [3.05, 3.63) is 143 Å². The molecule has 0 aliphatic rings. The number of nitrogens with one attached hydrogen (secondary N) is 1. The summed E-state index contributed by atoms with van der Waals surface area (Å²) in [4.78, 5) is 0. The van der Waals surface area contributed by atoms with Gasteiger partial charge in [0.15, 0.2) is 0 Å². The second-order valence-corrected chi connectivity index (χ2v) is 8.64. The van der Waals surface area contributed by atoms with Crippen LogP contribution in [0.1, 0.15) is 51.5 Å². The van der Waals surface area contributed by atoms with E-state index in [2.05, 4.69) is 122 Å². The molecule has 2 heteroatoms. The first-order valence-electron chi connectivity index (χ1n) is 11.3. The molecule has 0 heterocycles. The predicted molar refractivity (Wildman–Crippen MR) is 134 cm³/mol. The number of hydrogen-bond acceptors (Lipinski definition) is 2. The molecule has 0 fully saturated rings. The van der Waals surface area contributed by atoms with E-state index in [4.69, 9.17) is 5.73 Å². The lowest BCUT2D eigenvalue weighted by Crippen LogP contribution is -2.35. The lowest BCUT2D eigenvalue weighted by Gasteiger charge is -2.31. The summed E-state index contributed by atoms with van der Waals surface area (Å²) in [5, 5.41) is 3.94. The Labute approximate surface area is 192 Å². The lowest BCUT2D eigenvalue weighted by atomic mass is 9.90. The number of aryl methyl sites for hydroxylation is 2. The van der Waals surface area contributed by atoms with Gasteiger partial charge in [-0.25, -0.2) is 0 Å². The van der Waals surface area contributed by atoms with E-state index in [1.807, 2.05) is 6.07 Å². The van der Waals surface area contributed by atoms with Crippen molar-refractivity contribution >= 4 is 0 Å². The molecule has 0 aromatic heterocycles. The molecule has 0 spiro atoms. The van der Waals surface area contributed by atoms with E-state index in [0.717, 1.165) is 12.0 Å². The Morgan fingerprint density at radius 1 is 0.594 bits per heavy atom. The van der Waals surface area contributed by atoms with Gasteiger partial charge in [0, 0.05) is 12.1 Å². The smallest absolute Gasteiger partial charge is 0.0521 e. The van der Waals surface area contributed by atoms with Crippen LogP contribution in [0.25, 0.3) is 0 Å². The van der Waals surface area contributed by atoms with Crippen LogP contribution in [-0.4, -0.2) is 0 Å². The van der Waals surface area contributed by atoms with Crippen LogP contribution in [0, 0.1) is 13.8 Å². The normalized spacial score (nSPS) is 14.0. The first-order valence-corrected chi connectivity index (χ1v) is 11.3. The summed E-state index contributed by atoms with van der Waals surface area (Å²) in [5.41, 5.74) is 14.3. The zero-order chi connectivity index (χ0) is 22.3. The molecule has 0 amide bonds. The van der Waals surface area contributed by atoms with Crippen LogP contribution >= 0.6 is 0 Å². The summed E-state index contributed by atoms with van der Waals surface area (Å²) < 4.78 is 0. The molecule has 0 aliphatic heterocycles. The molecule has 4 rings (SSSR count). The summed E-state index contributed by atoms with van der Waals surface area (Å²) in [6.45, 7) is 4.25. The van der Waals surface area contributed by atoms with Crippen LogP contribution in [-0.2, 0) is 6.42 Å². The van der Waals surface area contributed by atoms with Crippen LogP contribution in [0.5, 0.6) is 0 Å². The molecule has 0 saturated carbocycles. The molecule has 2 unspecified atom stereocenters. The van der Waals surface area contributed by atoms with E-state index >= 15 is 0 Å². The third-order valence-electron chi connectivity index (χ3n) is 6.12. The van der Waals surface area contributed by atoms with E-state index in [9.17, 15) is 0 Å². The topological polar surface area (TPSA) is 38.0 Å².